The third-order valence-corrected chi connectivity index (χ3v) is 4.89. The summed E-state index contributed by atoms with van der Waals surface area (Å²) in [6.45, 7) is 9.08. The van der Waals surface area contributed by atoms with Gasteiger partial charge in [-0.2, -0.15) is 0 Å². The Morgan fingerprint density at radius 2 is 1.88 bits per heavy atom. The molecule has 2 aliphatic heterocycles. The van der Waals surface area contributed by atoms with Gasteiger partial charge in [-0.3, -0.25) is 9.59 Å². The fourth-order valence-electron chi connectivity index (χ4n) is 3.37. The average Bonchev–Trinajstić information content (AvgIpc) is 3.09. The first-order valence-corrected chi connectivity index (χ1v) is 9.28. The molecule has 142 valence electrons. The molecule has 3 rings (SSSR count). The first kappa shape index (κ1) is 18.5. The minimum absolute atomic E-state index is 0.00677. The molecular formula is C20H28N2O4. The van der Waals surface area contributed by atoms with Crippen LogP contribution in [0, 0.1) is 5.41 Å². The van der Waals surface area contributed by atoms with E-state index in [-0.39, 0.29) is 17.9 Å². The summed E-state index contributed by atoms with van der Waals surface area (Å²) in [7, 11) is 0. The van der Waals surface area contributed by atoms with Crippen LogP contribution in [-0.4, -0.2) is 42.5 Å². The molecule has 1 saturated heterocycles. The number of rotatable bonds is 3. The summed E-state index contributed by atoms with van der Waals surface area (Å²) in [6, 6.07) is 5.35. The van der Waals surface area contributed by atoms with Crippen LogP contribution in [0.25, 0.3) is 0 Å². The maximum atomic E-state index is 12.9. The number of likely N-dealkylation sites (tertiary alicyclic amines) is 1. The third kappa shape index (κ3) is 3.79. The molecule has 2 aliphatic rings. The lowest BCUT2D eigenvalue weighted by Crippen LogP contribution is -2.49. The van der Waals surface area contributed by atoms with E-state index in [2.05, 4.69) is 5.32 Å². The number of ether oxygens (including phenoxy) is 2. The molecule has 6 heteroatoms. The van der Waals surface area contributed by atoms with E-state index in [0.29, 0.717) is 19.8 Å². The fourth-order valence-corrected chi connectivity index (χ4v) is 3.37. The van der Waals surface area contributed by atoms with E-state index in [1.165, 1.54) is 0 Å². The second-order valence-corrected chi connectivity index (χ2v) is 8.04. The van der Waals surface area contributed by atoms with Gasteiger partial charge >= 0.3 is 0 Å². The van der Waals surface area contributed by atoms with Crippen molar-refractivity contribution in [1.82, 2.24) is 10.2 Å². The van der Waals surface area contributed by atoms with Crippen LogP contribution in [0.3, 0.4) is 0 Å². The summed E-state index contributed by atoms with van der Waals surface area (Å²) in [4.78, 5) is 27.0. The van der Waals surface area contributed by atoms with Gasteiger partial charge in [-0.05, 0) is 37.5 Å². The predicted molar refractivity (Wildman–Crippen MR) is 98.2 cm³/mol. The van der Waals surface area contributed by atoms with Crippen molar-refractivity contribution < 1.29 is 19.1 Å². The largest absolute Gasteiger partial charge is 0.486 e. The van der Waals surface area contributed by atoms with Gasteiger partial charge in [0.15, 0.2) is 11.5 Å². The number of hydrogen-bond acceptors (Lipinski definition) is 4. The van der Waals surface area contributed by atoms with Crippen LogP contribution in [0.2, 0.25) is 0 Å². The van der Waals surface area contributed by atoms with Crippen molar-refractivity contribution in [2.45, 2.75) is 52.6 Å². The molecule has 0 radical (unpaired) electrons. The molecule has 1 aromatic carbocycles. The topological polar surface area (TPSA) is 67.9 Å². The molecule has 0 bridgehead atoms. The van der Waals surface area contributed by atoms with E-state index in [4.69, 9.17) is 9.47 Å². The predicted octanol–water partition coefficient (Wildman–Crippen LogP) is 2.67. The zero-order chi connectivity index (χ0) is 18.9. The Labute approximate surface area is 154 Å². The highest BCUT2D eigenvalue weighted by atomic mass is 16.6. The van der Waals surface area contributed by atoms with Crippen molar-refractivity contribution in [1.29, 1.82) is 0 Å². The molecule has 0 aromatic heterocycles. The highest BCUT2D eigenvalue weighted by Gasteiger charge is 2.34. The van der Waals surface area contributed by atoms with E-state index < -0.39 is 11.5 Å². The number of benzene rings is 1. The Balaban J connectivity index is 1.73. The summed E-state index contributed by atoms with van der Waals surface area (Å²) in [5, 5.41) is 2.84. The summed E-state index contributed by atoms with van der Waals surface area (Å²) in [5.74, 6) is 1.33. The van der Waals surface area contributed by atoms with Gasteiger partial charge in [-0.1, -0.05) is 26.8 Å². The molecule has 1 fully saturated rings. The minimum Gasteiger partial charge on any atom is -0.486 e. The van der Waals surface area contributed by atoms with Gasteiger partial charge in [0.05, 0.1) is 6.04 Å². The van der Waals surface area contributed by atoms with Crippen LogP contribution in [0.15, 0.2) is 18.2 Å². The second-order valence-electron chi connectivity index (χ2n) is 8.04. The second kappa shape index (κ2) is 7.17. The standard InChI is InChI=1S/C20H28N2O4/c1-13(21-19(24)20(2,3)4)18(23)22-9-5-6-15(22)14-7-8-16-17(12-14)26-11-10-25-16/h7-8,12-13,15H,5-6,9-11H2,1-4H3,(H,21,24). The minimum atomic E-state index is -0.542. The van der Waals surface area contributed by atoms with Crippen molar-refractivity contribution in [3.63, 3.8) is 0 Å². The van der Waals surface area contributed by atoms with Crippen molar-refractivity contribution in [2.24, 2.45) is 5.41 Å². The molecule has 2 unspecified atom stereocenters. The van der Waals surface area contributed by atoms with E-state index in [9.17, 15) is 9.59 Å². The fraction of sp³-hybridized carbons (Fsp3) is 0.600. The Hall–Kier alpha value is -2.24. The first-order valence-electron chi connectivity index (χ1n) is 9.28. The quantitative estimate of drug-likeness (QED) is 0.900. The normalized spacial score (nSPS) is 20.6. The molecule has 0 spiro atoms. The summed E-state index contributed by atoms with van der Waals surface area (Å²) >= 11 is 0. The van der Waals surface area contributed by atoms with Gasteiger partial charge in [-0.25, -0.2) is 0 Å². The molecule has 26 heavy (non-hydrogen) atoms. The van der Waals surface area contributed by atoms with Gasteiger partial charge in [0.2, 0.25) is 11.8 Å². The van der Waals surface area contributed by atoms with Crippen LogP contribution in [0.1, 0.15) is 52.1 Å². The van der Waals surface area contributed by atoms with Gasteiger partial charge in [0.25, 0.3) is 0 Å². The van der Waals surface area contributed by atoms with E-state index in [1.54, 1.807) is 6.92 Å². The molecule has 1 N–H and O–H groups in total. The molecule has 6 nitrogen and oxygen atoms in total. The summed E-state index contributed by atoms with van der Waals surface area (Å²) in [5.41, 5.74) is 0.531. The summed E-state index contributed by atoms with van der Waals surface area (Å²) in [6.07, 6.45) is 1.86. The highest BCUT2D eigenvalue weighted by Crippen LogP contribution is 2.38. The maximum absolute atomic E-state index is 12.9. The number of nitrogens with zero attached hydrogens (tertiary/aromatic N) is 1. The monoisotopic (exact) mass is 360 g/mol. The van der Waals surface area contributed by atoms with Gasteiger partial charge < -0.3 is 19.7 Å². The van der Waals surface area contributed by atoms with Crippen LogP contribution in [0.4, 0.5) is 0 Å². The number of carbonyl (C=O) groups excluding carboxylic acids is 2. The van der Waals surface area contributed by atoms with E-state index in [1.807, 2.05) is 43.9 Å². The van der Waals surface area contributed by atoms with Crippen molar-refractivity contribution >= 4 is 11.8 Å². The Morgan fingerprint density at radius 3 is 2.58 bits per heavy atom. The molecule has 2 heterocycles. The number of carbonyl (C=O) groups is 2. The smallest absolute Gasteiger partial charge is 0.245 e. The van der Waals surface area contributed by atoms with Crippen LogP contribution < -0.4 is 14.8 Å². The highest BCUT2D eigenvalue weighted by molar-refractivity contribution is 5.89. The van der Waals surface area contributed by atoms with Gasteiger partial charge in [0.1, 0.15) is 19.3 Å². The van der Waals surface area contributed by atoms with Crippen LogP contribution in [0.5, 0.6) is 11.5 Å². The lowest BCUT2D eigenvalue weighted by Gasteiger charge is -2.30. The van der Waals surface area contributed by atoms with Gasteiger partial charge in [-0.15, -0.1) is 0 Å². The van der Waals surface area contributed by atoms with Crippen molar-refractivity contribution in [3.05, 3.63) is 23.8 Å². The van der Waals surface area contributed by atoms with E-state index >= 15 is 0 Å². The zero-order valence-electron chi connectivity index (χ0n) is 16.0. The lowest BCUT2D eigenvalue weighted by atomic mass is 9.95. The molecule has 0 saturated carbocycles. The average molecular weight is 360 g/mol. The van der Waals surface area contributed by atoms with Crippen molar-refractivity contribution in [2.75, 3.05) is 19.8 Å². The lowest BCUT2D eigenvalue weighted by molar-refractivity contribution is -0.138. The first-order chi connectivity index (χ1) is 12.3. The zero-order valence-corrected chi connectivity index (χ0v) is 16.0. The molecule has 2 amide bonds. The Morgan fingerprint density at radius 1 is 1.19 bits per heavy atom. The SMILES string of the molecule is CC(NC(=O)C(C)(C)C)C(=O)N1CCCC1c1ccc2c(c1)OCCO2. The summed E-state index contributed by atoms with van der Waals surface area (Å²) < 4.78 is 11.2. The number of fused-ring (bicyclic) bond motifs is 1. The van der Waals surface area contributed by atoms with Gasteiger partial charge in [0, 0.05) is 12.0 Å². The molecular weight excluding hydrogens is 332 g/mol. The molecule has 0 aliphatic carbocycles. The Kier molecular flexibility index (Phi) is 5.12. The molecule has 1 aromatic rings. The Bertz CT molecular complexity index is 696. The maximum Gasteiger partial charge on any atom is 0.245 e. The van der Waals surface area contributed by atoms with Crippen LogP contribution in [-0.2, 0) is 9.59 Å². The van der Waals surface area contributed by atoms with Crippen molar-refractivity contribution in [3.8, 4) is 11.5 Å². The molecule has 2 atom stereocenters. The number of nitrogens with one attached hydrogen (secondary N) is 1. The van der Waals surface area contributed by atoms with E-state index in [0.717, 1.165) is 29.9 Å². The number of hydrogen-bond donors (Lipinski definition) is 1. The van der Waals surface area contributed by atoms with Crippen LogP contribution >= 0.6 is 0 Å². The number of amides is 2. The third-order valence-electron chi connectivity index (χ3n) is 4.89.